The summed E-state index contributed by atoms with van der Waals surface area (Å²) < 4.78 is 0. The summed E-state index contributed by atoms with van der Waals surface area (Å²) in [4.78, 5) is 11.8. The molecule has 0 saturated carbocycles. The number of alkyl halides is 1. The third-order valence-electron chi connectivity index (χ3n) is 2.30. The van der Waals surface area contributed by atoms with E-state index in [0.29, 0.717) is 6.42 Å². The Labute approximate surface area is 90.1 Å². The van der Waals surface area contributed by atoms with Gasteiger partial charge in [0, 0.05) is 5.56 Å². The van der Waals surface area contributed by atoms with Crippen LogP contribution in [-0.4, -0.2) is 11.2 Å². The number of aryl methyl sites for hydroxylation is 2. The van der Waals surface area contributed by atoms with Gasteiger partial charge >= 0.3 is 0 Å². The van der Waals surface area contributed by atoms with Gasteiger partial charge in [-0.1, -0.05) is 24.6 Å². The predicted octanol–water partition coefficient (Wildman–Crippen LogP) is 3.50. The minimum atomic E-state index is -0.393. The van der Waals surface area contributed by atoms with Crippen LogP contribution in [0.5, 0.6) is 0 Å². The van der Waals surface area contributed by atoms with Crippen LogP contribution in [-0.2, 0) is 0 Å². The average molecular weight is 211 g/mol. The van der Waals surface area contributed by atoms with Gasteiger partial charge in [0.15, 0.2) is 5.78 Å². The predicted molar refractivity (Wildman–Crippen MR) is 60.2 cm³/mol. The molecule has 0 N–H and O–H groups in total. The molecule has 0 aliphatic heterocycles. The molecular formula is C12H15ClO. The fraction of sp³-hybridized carbons (Fsp3) is 0.417. The number of benzene rings is 1. The number of rotatable bonds is 3. The number of carbonyl (C=O) groups excluding carboxylic acids is 1. The standard InChI is InChI=1S/C12H15ClO/c1-4-11(13)12(14)10-7-8(2)5-6-9(10)3/h5-7,11H,4H2,1-3H3. The molecule has 1 unspecified atom stereocenters. The van der Waals surface area contributed by atoms with Gasteiger partial charge in [0.1, 0.15) is 0 Å². The van der Waals surface area contributed by atoms with Gasteiger partial charge in [0.05, 0.1) is 5.38 Å². The molecule has 0 heterocycles. The lowest BCUT2D eigenvalue weighted by Gasteiger charge is -2.09. The Morgan fingerprint density at radius 2 is 2.07 bits per heavy atom. The third kappa shape index (κ3) is 2.36. The van der Waals surface area contributed by atoms with Gasteiger partial charge in [0.2, 0.25) is 0 Å². The Balaban J connectivity index is 3.06. The van der Waals surface area contributed by atoms with Crippen molar-refractivity contribution in [1.82, 2.24) is 0 Å². The van der Waals surface area contributed by atoms with Gasteiger partial charge in [-0.15, -0.1) is 11.6 Å². The Morgan fingerprint density at radius 3 is 2.64 bits per heavy atom. The molecule has 0 aliphatic rings. The van der Waals surface area contributed by atoms with Crippen LogP contribution in [0.2, 0.25) is 0 Å². The van der Waals surface area contributed by atoms with Crippen molar-refractivity contribution in [3.63, 3.8) is 0 Å². The largest absolute Gasteiger partial charge is 0.292 e. The molecule has 0 aliphatic carbocycles. The van der Waals surface area contributed by atoms with Crippen LogP contribution in [0.1, 0.15) is 34.8 Å². The zero-order chi connectivity index (χ0) is 10.7. The molecule has 0 aromatic heterocycles. The molecule has 0 amide bonds. The Bertz CT molecular complexity index is 344. The molecule has 1 aromatic carbocycles. The quantitative estimate of drug-likeness (QED) is 0.551. The summed E-state index contributed by atoms with van der Waals surface area (Å²) in [7, 11) is 0. The van der Waals surface area contributed by atoms with E-state index in [-0.39, 0.29) is 5.78 Å². The highest BCUT2D eigenvalue weighted by molar-refractivity contribution is 6.34. The highest BCUT2D eigenvalue weighted by Crippen LogP contribution is 2.16. The van der Waals surface area contributed by atoms with Crippen molar-refractivity contribution in [2.45, 2.75) is 32.6 Å². The van der Waals surface area contributed by atoms with Gasteiger partial charge in [-0.3, -0.25) is 4.79 Å². The first-order valence-corrected chi connectivity index (χ1v) is 5.25. The van der Waals surface area contributed by atoms with Crippen LogP contribution in [0.25, 0.3) is 0 Å². The van der Waals surface area contributed by atoms with Crippen molar-refractivity contribution in [3.8, 4) is 0 Å². The lowest BCUT2D eigenvalue weighted by Crippen LogP contribution is -2.14. The number of carbonyl (C=O) groups is 1. The number of halogens is 1. The van der Waals surface area contributed by atoms with E-state index in [4.69, 9.17) is 11.6 Å². The summed E-state index contributed by atoms with van der Waals surface area (Å²) in [5.74, 6) is 0.0374. The molecule has 76 valence electrons. The summed E-state index contributed by atoms with van der Waals surface area (Å²) in [6, 6.07) is 5.87. The van der Waals surface area contributed by atoms with Crippen molar-refractivity contribution in [2.24, 2.45) is 0 Å². The van der Waals surface area contributed by atoms with Gasteiger partial charge in [0.25, 0.3) is 0 Å². The Morgan fingerprint density at radius 1 is 1.43 bits per heavy atom. The maximum absolute atomic E-state index is 11.8. The molecule has 1 rings (SSSR count). The summed E-state index contributed by atoms with van der Waals surface area (Å²) in [5, 5.41) is -0.393. The molecule has 14 heavy (non-hydrogen) atoms. The summed E-state index contributed by atoms with van der Waals surface area (Å²) >= 11 is 5.93. The molecular weight excluding hydrogens is 196 g/mol. The summed E-state index contributed by atoms with van der Waals surface area (Å²) in [6.45, 7) is 5.83. The molecule has 1 atom stereocenters. The lowest BCUT2D eigenvalue weighted by molar-refractivity contribution is 0.0985. The first-order chi connectivity index (χ1) is 6.56. The van der Waals surface area contributed by atoms with Crippen LogP contribution < -0.4 is 0 Å². The molecule has 0 fully saturated rings. The van der Waals surface area contributed by atoms with Gasteiger partial charge in [-0.25, -0.2) is 0 Å². The van der Waals surface area contributed by atoms with E-state index >= 15 is 0 Å². The second-order valence-corrected chi connectivity index (χ2v) is 4.09. The molecule has 0 saturated heterocycles. The fourth-order valence-corrected chi connectivity index (χ4v) is 1.47. The Kier molecular flexibility index (Phi) is 3.70. The first kappa shape index (κ1) is 11.3. The van der Waals surface area contributed by atoms with Crippen LogP contribution >= 0.6 is 11.6 Å². The van der Waals surface area contributed by atoms with E-state index in [1.165, 1.54) is 0 Å². The van der Waals surface area contributed by atoms with E-state index in [1.54, 1.807) is 0 Å². The second kappa shape index (κ2) is 4.61. The topological polar surface area (TPSA) is 17.1 Å². The number of ketones is 1. The van der Waals surface area contributed by atoms with E-state index in [1.807, 2.05) is 39.0 Å². The van der Waals surface area contributed by atoms with Crippen LogP contribution in [0, 0.1) is 13.8 Å². The van der Waals surface area contributed by atoms with Crippen molar-refractivity contribution in [3.05, 3.63) is 34.9 Å². The second-order valence-electron chi connectivity index (χ2n) is 3.56. The molecule has 2 heteroatoms. The minimum Gasteiger partial charge on any atom is -0.292 e. The number of hydrogen-bond acceptors (Lipinski definition) is 1. The fourth-order valence-electron chi connectivity index (χ4n) is 1.36. The van der Waals surface area contributed by atoms with E-state index in [0.717, 1.165) is 16.7 Å². The minimum absolute atomic E-state index is 0.0374. The first-order valence-electron chi connectivity index (χ1n) is 4.81. The lowest BCUT2D eigenvalue weighted by atomic mass is 9.99. The maximum atomic E-state index is 11.8. The zero-order valence-electron chi connectivity index (χ0n) is 8.80. The monoisotopic (exact) mass is 210 g/mol. The van der Waals surface area contributed by atoms with Crippen molar-refractivity contribution < 1.29 is 4.79 Å². The van der Waals surface area contributed by atoms with Crippen LogP contribution in [0.15, 0.2) is 18.2 Å². The van der Waals surface area contributed by atoms with Gasteiger partial charge in [-0.2, -0.15) is 0 Å². The highest BCUT2D eigenvalue weighted by Gasteiger charge is 2.16. The molecule has 0 bridgehead atoms. The van der Waals surface area contributed by atoms with E-state index < -0.39 is 5.38 Å². The Hall–Kier alpha value is -0.820. The number of hydrogen-bond donors (Lipinski definition) is 0. The van der Waals surface area contributed by atoms with Gasteiger partial charge < -0.3 is 0 Å². The maximum Gasteiger partial charge on any atom is 0.180 e. The molecule has 0 radical (unpaired) electrons. The average Bonchev–Trinajstić information content (AvgIpc) is 2.19. The number of Topliss-reactive ketones (excluding diaryl/α,β-unsaturated/α-hetero) is 1. The zero-order valence-corrected chi connectivity index (χ0v) is 9.56. The van der Waals surface area contributed by atoms with Crippen molar-refractivity contribution in [1.29, 1.82) is 0 Å². The highest BCUT2D eigenvalue weighted by atomic mass is 35.5. The van der Waals surface area contributed by atoms with Crippen LogP contribution in [0.4, 0.5) is 0 Å². The summed E-state index contributed by atoms with van der Waals surface area (Å²) in [5.41, 5.74) is 2.85. The van der Waals surface area contributed by atoms with E-state index in [2.05, 4.69) is 0 Å². The van der Waals surface area contributed by atoms with Crippen molar-refractivity contribution >= 4 is 17.4 Å². The van der Waals surface area contributed by atoms with E-state index in [9.17, 15) is 4.79 Å². The molecule has 1 nitrogen and oxygen atoms in total. The third-order valence-corrected chi connectivity index (χ3v) is 2.81. The molecule has 0 spiro atoms. The summed E-state index contributed by atoms with van der Waals surface area (Å²) in [6.07, 6.45) is 0.674. The molecule has 1 aromatic rings. The van der Waals surface area contributed by atoms with Gasteiger partial charge in [-0.05, 0) is 31.9 Å². The van der Waals surface area contributed by atoms with Crippen LogP contribution in [0.3, 0.4) is 0 Å². The SMILES string of the molecule is CCC(Cl)C(=O)c1cc(C)ccc1C. The smallest absolute Gasteiger partial charge is 0.180 e. The van der Waals surface area contributed by atoms with Crippen molar-refractivity contribution in [2.75, 3.05) is 0 Å². The normalized spacial score (nSPS) is 12.6.